The molecule has 0 saturated heterocycles. The average Bonchev–Trinajstić information content (AvgIpc) is 2.53. The van der Waals surface area contributed by atoms with Crippen molar-refractivity contribution < 1.29 is 14.8 Å². The minimum absolute atomic E-state index is 0.0460. The Labute approximate surface area is 136 Å². The van der Waals surface area contributed by atoms with Crippen molar-refractivity contribution >= 4 is 28.9 Å². The summed E-state index contributed by atoms with van der Waals surface area (Å²) in [4.78, 5) is 22.2. The maximum atomic E-state index is 12.0. The van der Waals surface area contributed by atoms with E-state index in [0.717, 1.165) is 6.07 Å². The Morgan fingerprint density at radius 2 is 1.83 bits per heavy atom. The zero-order valence-corrected chi connectivity index (χ0v) is 12.7. The number of hydrazone groups is 1. The first-order valence-electron chi connectivity index (χ1n) is 6.46. The first-order chi connectivity index (χ1) is 10.9. The van der Waals surface area contributed by atoms with Gasteiger partial charge >= 0.3 is 0 Å². The molecule has 0 heterocycles. The van der Waals surface area contributed by atoms with E-state index in [1.165, 1.54) is 24.3 Å². The third kappa shape index (κ3) is 4.04. The van der Waals surface area contributed by atoms with E-state index in [-0.39, 0.29) is 22.0 Å². The molecule has 0 aliphatic rings. The number of aromatic hydroxyl groups is 1. The highest BCUT2D eigenvalue weighted by molar-refractivity contribution is 6.32. The van der Waals surface area contributed by atoms with Crippen molar-refractivity contribution in [1.82, 2.24) is 5.43 Å². The van der Waals surface area contributed by atoms with Crippen molar-refractivity contribution in [1.29, 1.82) is 0 Å². The van der Waals surface area contributed by atoms with Gasteiger partial charge in [0.1, 0.15) is 10.8 Å². The number of amides is 1. The fraction of sp³-hybridized carbons (Fsp3) is 0.0667. The molecule has 2 N–H and O–H groups in total. The van der Waals surface area contributed by atoms with Crippen LogP contribution >= 0.6 is 11.6 Å². The topological polar surface area (TPSA) is 105 Å². The molecule has 0 aromatic heterocycles. The van der Waals surface area contributed by atoms with E-state index in [2.05, 4.69) is 10.5 Å². The second kappa shape index (κ2) is 6.89. The van der Waals surface area contributed by atoms with E-state index in [1.54, 1.807) is 19.1 Å². The molecule has 0 aliphatic carbocycles. The summed E-state index contributed by atoms with van der Waals surface area (Å²) in [5.41, 5.74) is 3.27. The highest BCUT2D eigenvalue weighted by Crippen LogP contribution is 2.25. The largest absolute Gasteiger partial charge is 0.508 e. The molecular formula is C15H12ClN3O4. The summed E-state index contributed by atoms with van der Waals surface area (Å²) in [6.45, 7) is 1.68. The molecule has 2 aromatic rings. The van der Waals surface area contributed by atoms with Gasteiger partial charge in [0.25, 0.3) is 11.6 Å². The molecule has 0 fully saturated rings. The van der Waals surface area contributed by atoms with Crippen LogP contribution in [0.4, 0.5) is 5.69 Å². The Morgan fingerprint density at radius 1 is 1.22 bits per heavy atom. The number of carbonyl (C=O) groups excluding carboxylic acids is 1. The van der Waals surface area contributed by atoms with E-state index in [0.29, 0.717) is 11.3 Å². The van der Waals surface area contributed by atoms with Crippen LogP contribution in [0.15, 0.2) is 47.6 Å². The molecule has 0 radical (unpaired) electrons. The molecule has 7 nitrogen and oxygen atoms in total. The minimum atomic E-state index is -0.663. The van der Waals surface area contributed by atoms with Crippen LogP contribution in [0.25, 0.3) is 0 Å². The number of carbonyl (C=O) groups is 1. The zero-order chi connectivity index (χ0) is 17.0. The van der Waals surface area contributed by atoms with Crippen molar-refractivity contribution in [2.45, 2.75) is 6.92 Å². The predicted octanol–water partition coefficient (Wildman–Crippen LogP) is 3.11. The van der Waals surface area contributed by atoms with Crippen molar-refractivity contribution in [2.24, 2.45) is 5.10 Å². The summed E-state index contributed by atoms with van der Waals surface area (Å²) in [5.74, 6) is -0.470. The number of halogens is 1. The lowest BCUT2D eigenvalue weighted by molar-refractivity contribution is -0.384. The van der Waals surface area contributed by atoms with Crippen molar-refractivity contribution in [3.8, 4) is 5.75 Å². The maximum absolute atomic E-state index is 12.0. The molecule has 2 rings (SSSR count). The first kappa shape index (κ1) is 16.4. The van der Waals surface area contributed by atoms with Gasteiger partial charge in [-0.2, -0.15) is 5.10 Å². The fourth-order valence-electron chi connectivity index (χ4n) is 1.76. The summed E-state index contributed by atoms with van der Waals surface area (Å²) < 4.78 is 0. The fourth-order valence-corrected chi connectivity index (χ4v) is 1.95. The SMILES string of the molecule is CC(=NNC(=O)c1ccc(Cl)c([N+](=O)[O-])c1)c1ccc(O)cc1. The van der Waals surface area contributed by atoms with Gasteiger partial charge in [0.15, 0.2) is 0 Å². The van der Waals surface area contributed by atoms with Crippen molar-refractivity contribution in [3.63, 3.8) is 0 Å². The molecule has 1 amide bonds. The molecule has 8 heteroatoms. The van der Waals surface area contributed by atoms with Crippen LogP contribution in [-0.2, 0) is 0 Å². The van der Waals surface area contributed by atoms with Gasteiger partial charge in [-0.3, -0.25) is 14.9 Å². The quantitative estimate of drug-likeness (QED) is 0.509. The van der Waals surface area contributed by atoms with E-state index < -0.39 is 10.8 Å². The molecular weight excluding hydrogens is 322 g/mol. The van der Waals surface area contributed by atoms with E-state index in [9.17, 15) is 20.0 Å². The number of hydrogen-bond donors (Lipinski definition) is 2. The molecule has 0 unspecified atom stereocenters. The van der Waals surface area contributed by atoms with Crippen molar-refractivity contribution in [3.05, 3.63) is 68.7 Å². The van der Waals surface area contributed by atoms with Gasteiger partial charge in [0.2, 0.25) is 0 Å². The van der Waals surface area contributed by atoms with Crippen molar-refractivity contribution in [2.75, 3.05) is 0 Å². The predicted molar refractivity (Wildman–Crippen MR) is 85.9 cm³/mol. The van der Waals surface area contributed by atoms with Crippen LogP contribution in [-0.4, -0.2) is 21.6 Å². The Bertz CT molecular complexity index is 788. The van der Waals surface area contributed by atoms with Gasteiger partial charge in [-0.25, -0.2) is 5.43 Å². The van der Waals surface area contributed by atoms with E-state index in [4.69, 9.17) is 11.6 Å². The smallest absolute Gasteiger partial charge is 0.288 e. The summed E-state index contributed by atoms with van der Waals surface area (Å²) in [5, 5.41) is 23.9. The maximum Gasteiger partial charge on any atom is 0.288 e. The Balaban J connectivity index is 2.16. The summed E-state index contributed by atoms with van der Waals surface area (Å²) in [6.07, 6.45) is 0. The molecule has 0 aliphatic heterocycles. The molecule has 23 heavy (non-hydrogen) atoms. The summed E-state index contributed by atoms with van der Waals surface area (Å²) in [6, 6.07) is 10.0. The second-order valence-corrected chi connectivity index (χ2v) is 5.02. The summed E-state index contributed by atoms with van der Waals surface area (Å²) in [7, 11) is 0. The number of benzene rings is 2. The third-order valence-corrected chi connectivity index (χ3v) is 3.33. The van der Waals surface area contributed by atoms with Gasteiger partial charge in [-0.05, 0) is 48.9 Å². The molecule has 0 bridgehead atoms. The van der Waals surface area contributed by atoms with Gasteiger partial charge in [0, 0.05) is 11.6 Å². The number of phenolic OH excluding ortho intramolecular Hbond substituents is 1. The highest BCUT2D eigenvalue weighted by atomic mass is 35.5. The Morgan fingerprint density at radius 3 is 2.43 bits per heavy atom. The number of nitrogens with one attached hydrogen (secondary N) is 1. The van der Waals surface area contributed by atoms with Gasteiger partial charge < -0.3 is 5.11 Å². The Hall–Kier alpha value is -2.93. The number of nitrogens with zero attached hydrogens (tertiary/aromatic N) is 2. The zero-order valence-electron chi connectivity index (χ0n) is 12.0. The summed E-state index contributed by atoms with van der Waals surface area (Å²) >= 11 is 5.69. The Kier molecular flexibility index (Phi) is 4.92. The van der Waals surface area contributed by atoms with Crippen LogP contribution in [0.2, 0.25) is 5.02 Å². The number of nitro benzene ring substituents is 1. The van der Waals surface area contributed by atoms with Crippen LogP contribution in [0.3, 0.4) is 0 Å². The third-order valence-electron chi connectivity index (χ3n) is 3.02. The standard InChI is InChI=1S/C15H12ClN3O4/c1-9(10-2-5-12(20)6-3-10)17-18-15(21)11-4-7-13(16)14(8-11)19(22)23/h2-8,20H,1H3,(H,18,21). The molecule has 2 aromatic carbocycles. The lowest BCUT2D eigenvalue weighted by Crippen LogP contribution is -2.19. The lowest BCUT2D eigenvalue weighted by atomic mass is 10.1. The second-order valence-electron chi connectivity index (χ2n) is 4.61. The normalized spacial score (nSPS) is 11.1. The number of nitro groups is 1. The molecule has 0 saturated carbocycles. The minimum Gasteiger partial charge on any atom is -0.508 e. The van der Waals surface area contributed by atoms with Crippen LogP contribution in [0.5, 0.6) is 5.75 Å². The molecule has 0 spiro atoms. The van der Waals surface area contributed by atoms with Crippen LogP contribution in [0.1, 0.15) is 22.8 Å². The number of phenols is 1. The molecule has 118 valence electrons. The first-order valence-corrected chi connectivity index (χ1v) is 6.84. The van der Waals surface area contributed by atoms with Crippen LogP contribution in [0, 0.1) is 10.1 Å². The monoisotopic (exact) mass is 333 g/mol. The van der Waals surface area contributed by atoms with Crippen LogP contribution < -0.4 is 5.43 Å². The van der Waals surface area contributed by atoms with Gasteiger partial charge in [-0.1, -0.05) is 11.6 Å². The lowest BCUT2D eigenvalue weighted by Gasteiger charge is -2.04. The molecule has 0 atom stereocenters. The van der Waals surface area contributed by atoms with Gasteiger partial charge in [0.05, 0.1) is 10.6 Å². The van der Waals surface area contributed by atoms with Gasteiger partial charge in [-0.15, -0.1) is 0 Å². The number of hydrogen-bond acceptors (Lipinski definition) is 5. The number of rotatable bonds is 4. The average molecular weight is 334 g/mol. The van der Waals surface area contributed by atoms with E-state index >= 15 is 0 Å². The highest BCUT2D eigenvalue weighted by Gasteiger charge is 2.16. The van der Waals surface area contributed by atoms with E-state index in [1.807, 2.05) is 0 Å².